The van der Waals surface area contributed by atoms with Gasteiger partial charge in [0, 0.05) is 33.7 Å². The highest BCUT2D eigenvalue weighted by molar-refractivity contribution is 14.1. The Morgan fingerprint density at radius 2 is 2.27 bits per heavy atom. The third-order valence-corrected chi connectivity index (χ3v) is 2.54. The molecule has 0 amide bonds. The average molecular weight is 313 g/mol. The molecule has 0 radical (unpaired) electrons. The van der Waals surface area contributed by atoms with E-state index in [-0.39, 0.29) is 5.78 Å². The molecule has 0 saturated carbocycles. The monoisotopic (exact) mass is 313 g/mol. The average Bonchev–Trinajstić information content (AvgIpc) is 2.65. The molecule has 0 aliphatic heterocycles. The van der Waals surface area contributed by atoms with Gasteiger partial charge in [0.2, 0.25) is 0 Å². The maximum Gasteiger partial charge on any atom is 0.257 e. The molecule has 0 atom stereocenters. The molecule has 4 heteroatoms. The van der Waals surface area contributed by atoms with Crippen LogP contribution in [-0.4, -0.2) is 10.8 Å². The van der Waals surface area contributed by atoms with Gasteiger partial charge in [-0.1, -0.05) is 18.2 Å². The van der Waals surface area contributed by atoms with Crippen LogP contribution in [0.2, 0.25) is 0 Å². The highest BCUT2D eigenvalue weighted by atomic mass is 127. The van der Waals surface area contributed by atoms with E-state index in [1.54, 1.807) is 19.3 Å². The zero-order valence-electron chi connectivity index (χ0n) is 8.03. The Hall–Kier alpha value is -1.17. The molecule has 15 heavy (non-hydrogen) atoms. The predicted molar refractivity (Wildman–Crippen MR) is 64.7 cm³/mol. The molecule has 2 aromatic rings. The number of rotatable bonds is 2. The van der Waals surface area contributed by atoms with Crippen molar-refractivity contribution < 1.29 is 9.21 Å². The number of Topliss-reactive ketones (excluding diaryl/α,β-unsaturated/α-hetero) is 1. The van der Waals surface area contributed by atoms with E-state index in [4.69, 9.17) is 4.42 Å². The molecule has 0 aliphatic rings. The minimum atomic E-state index is 0.0510. The van der Waals surface area contributed by atoms with Crippen molar-refractivity contribution in [3.8, 4) is 11.3 Å². The third-order valence-electron chi connectivity index (χ3n) is 2.04. The fourth-order valence-corrected chi connectivity index (χ4v) is 1.67. The first-order valence-corrected chi connectivity index (χ1v) is 5.47. The Morgan fingerprint density at radius 3 is 2.87 bits per heavy atom. The Morgan fingerprint density at radius 1 is 1.47 bits per heavy atom. The van der Waals surface area contributed by atoms with Crippen LogP contribution < -0.4 is 0 Å². The third kappa shape index (κ3) is 2.26. The van der Waals surface area contributed by atoms with Crippen molar-refractivity contribution >= 4 is 28.4 Å². The van der Waals surface area contributed by atoms with E-state index >= 15 is 0 Å². The first-order chi connectivity index (χ1) is 7.16. The van der Waals surface area contributed by atoms with Gasteiger partial charge >= 0.3 is 0 Å². The van der Waals surface area contributed by atoms with Gasteiger partial charge in [-0.3, -0.25) is 4.79 Å². The number of benzene rings is 1. The van der Waals surface area contributed by atoms with Gasteiger partial charge in [-0.15, -0.1) is 0 Å². The lowest BCUT2D eigenvalue weighted by atomic mass is 10.1. The molecule has 1 aromatic carbocycles. The highest BCUT2D eigenvalue weighted by Crippen LogP contribution is 2.20. The van der Waals surface area contributed by atoms with Gasteiger partial charge in [-0.25, -0.2) is 4.98 Å². The van der Waals surface area contributed by atoms with Crippen LogP contribution in [0, 0.1) is 3.90 Å². The van der Waals surface area contributed by atoms with E-state index in [9.17, 15) is 4.79 Å². The molecule has 0 bridgehead atoms. The second-order valence-electron chi connectivity index (χ2n) is 3.12. The van der Waals surface area contributed by atoms with Crippen molar-refractivity contribution in [3.05, 3.63) is 40.0 Å². The van der Waals surface area contributed by atoms with Crippen LogP contribution in [0.1, 0.15) is 17.3 Å². The van der Waals surface area contributed by atoms with E-state index in [1.165, 1.54) is 0 Å². The zero-order chi connectivity index (χ0) is 10.8. The summed E-state index contributed by atoms with van der Waals surface area (Å²) in [4.78, 5) is 15.4. The Labute approximate surface area is 101 Å². The molecule has 0 saturated heterocycles. The number of carbonyl (C=O) groups is 1. The van der Waals surface area contributed by atoms with E-state index in [0.29, 0.717) is 9.46 Å². The summed E-state index contributed by atoms with van der Waals surface area (Å²) in [5, 5.41) is 0. The molecule has 76 valence electrons. The number of hydrogen-bond acceptors (Lipinski definition) is 3. The molecular formula is C11H8INO2. The molecule has 0 N–H and O–H groups in total. The standard InChI is InChI=1S/C11H8INO2/c1-7(14)8-3-2-4-9(5-8)10-6-15-11(12)13-10/h2-6H,1H3. The maximum absolute atomic E-state index is 11.2. The lowest BCUT2D eigenvalue weighted by Gasteiger charge is -1.98. The molecule has 1 heterocycles. The van der Waals surface area contributed by atoms with Gasteiger partial charge in [-0.2, -0.15) is 0 Å². The van der Waals surface area contributed by atoms with Gasteiger partial charge in [0.25, 0.3) is 3.90 Å². The van der Waals surface area contributed by atoms with Crippen molar-refractivity contribution in [3.63, 3.8) is 0 Å². The number of halogens is 1. The van der Waals surface area contributed by atoms with E-state index in [2.05, 4.69) is 4.98 Å². The number of aromatic nitrogens is 1. The van der Waals surface area contributed by atoms with E-state index in [1.807, 2.05) is 40.8 Å². The molecule has 2 rings (SSSR count). The summed E-state index contributed by atoms with van der Waals surface area (Å²) >= 11 is 2.00. The minimum Gasteiger partial charge on any atom is -0.440 e. The van der Waals surface area contributed by atoms with Crippen LogP contribution in [0.4, 0.5) is 0 Å². The SMILES string of the molecule is CC(=O)c1cccc(-c2coc(I)n2)c1. The van der Waals surface area contributed by atoms with Crippen LogP contribution in [0.5, 0.6) is 0 Å². The fourth-order valence-electron chi connectivity index (χ4n) is 1.28. The summed E-state index contributed by atoms with van der Waals surface area (Å²) in [7, 11) is 0. The molecule has 0 spiro atoms. The lowest BCUT2D eigenvalue weighted by molar-refractivity contribution is 0.101. The second-order valence-corrected chi connectivity index (χ2v) is 4.05. The number of oxazole rings is 1. The second kappa shape index (κ2) is 4.14. The molecule has 0 aliphatic carbocycles. The van der Waals surface area contributed by atoms with Gasteiger partial charge < -0.3 is 4.42 Å². The largest absolute Gasteiger partial charge is 0.440 e. The Bertz CT molecular complexity index is 505. The summed E-state index contributed by atoms with van der Waals surface area (Å²) in [5.74, 6) is 0.0510. The predicted octanol–water partition coefficient (Wildman–Crippen LogP) is 3.15. The normalized spacial score (nSPS) is 10.3. The van der Waals surface area contributed by atoms with Gasteiger partial charge in [0.05, 0.1) is 0 Å². The Balaban J connectivity index is 2.45. The molecule has 3 nitrogen and oxygen atoms in total. The number of carbonyl (C=O) groups excluding carboxylic acids is 1. The van der Waals surface area contributed by atoms with Crippen molar-refractivity contribution in [2.45, 2.75) is 6.92 Å². The fraction of sp³-hybridized carbons (Fsp3) is 0.0909. The molecule has 0 fully saturated rings. The van der Waals surface area contributed by atoms with Crippen molar-refractivity contribution in [1.29, 1.82) is 0 Å². The summed E-state index contributed by atoms with van der Waals surface area (Å²) in [6.45, 7) is 1.55. The lowest BCUT2D eigenvalue weighted by Crippen LogP contribution is -1.91. The number of hydrogen-bond donors (Lipinski definition) is 0. The van der Waals surface area contributed by atoms with Crippen molar-refractivity contribution in [2.24, 2.45) is 0 Å². The van der Waals surface area contributed by atoms with Gasteiger partial charge in [-0.05, 0) is 13.0 Å². The van der Waals surface area contributed by atoms with Crippen LogP contribution >= 0.6 is 22.6 Å². The van der Waals surface area contributed by atoms with Crippen LogP contribution in [0.3, 0.4) is 0 Å². The summed E-state index contributed by atoms with van der Waals surface area (Å²) in [6, 6.07) is 7.35. The molecular weight excluding hydrogens is 305 g/mol. The smallest absolute Gasteiger partial charge is 0.257 e. The van der Waals surface area contributed by atoms with Gasteiger partial charge in [0.1, 0.15) is 12.0 Å². The minimum absolute atomic E-state index is 0.0510. The summed E-state index contributed by atoms with van der Waals surface area (Å²) in [6.07, 6.45) is 1.58. The van der Waals surface area contributed by atoms with Crippen molar-refractivity contribution in [2.75, 3.05) is 0 Å². The van der Waals surface area contributed by atoms with Crippen LogP contribution in [-0.2, 0) is 0 Å². The molecule has 1 aromatic heterocycles. The summed E-state index contributed by atoms with van der Waals surface area (Å²) < 4.78 is 5.70. The maximum atomic E-state index is 11.2. The summed E-state index contributed by atoms with van der Waals surface area (Å²) in [5.41, 5.74) is 2.34. The van der Waals surface area contributed by atoms with Crippen molar-refractivity contribution in [1.82, 2.24) is 4.98 Å². The topological polar surface area (TPSA) is 43.1 Å². The number of ketones is 1. The van der Waals surface area contributed by atoms with Crippen LogP contribution in [0.25, 0.3) is 11.3 Å². The highest BCUT2D eigenvalue weighted by Gasteiger charge is 2.06. The van der Waals surface area contributed by atoms with Gasteiger partial charge in [0.15, 0.2) is 5.78 Å². The van der Waals surface area contributed by atoms with E-state index in [0.717, 1.165) is 11.3 Å². The zero-order valence-corrected chi connectivity index (χ0v) is 10.2. The first-order valence-electron chi connectivity index (χ1n) is 4.39. The Kier molecular flexibility index (Phi) is 2.86. The van der Waals surface area contributed by atoms with E-state index < -0.39 is 0 Å². The number of nitrogens with zero attached hydrogens (tertiary/aromatic N) is 1. The quantitative estimate of drug-likeness (QED) is 0.632. The molecule has 0 unspecified atom stereocenters. The first kappa shape index (κ1) is 10.4. The van der Waals surface area contributed by atoms with Crippen LogP contribution in [0.15, 0.2) is 34.9 Å².